The van der Waals surface area contributed by atoms with Crippen LogP contribution in [0.3, 0.4) is 0 Å². The lowest BCUT2D eigenvalue weighted by Gasteiger charge is -2.37. The minimum atomic E-state index is 0.0386. The highest BCUT2D eigenvalue weighted by Gasteiger charge is 2.36. The molecule has 0 bridgehead atoms. The Kier molecular flexibility index (Phi) is 11.6. The average molecular weight is 388 g/mol. The van der Waals surface area contributed by atoms with E-state index in [2.05, 4.69) is 19.9 Å². The third-order valence-corrected chi connectivity index (χ3v) is 8.23. The lowest BCUT2D eigenvalue weighted by atomic mass is 9.66. The summed E-state index contributed by atoms with van der Waals surface area (Å²) in [5.41, 5.74) is 0.0386. The molecular formula is C27H49N. The summed E-state index contributed by atoms with van der Waals surface area (Å²) in [7, 11) is 0. The number of hydrogen-bond acceptors (Lipinski definition) is 1. The van der Waals surface area contributed by atoms with Crippen LogP contribution < -0.4 is 0 Å². The summed E-state index contributed by atoms with van der Waals surface area (Å²) in [5.74, 6) is 2.85. The zero-order valence-electron chi connectivity index (χ0n) is 19.3. The van der Waals surface area contributed by atoms with Crippen LogP contribution >= 0.6 is 0 Å². The van der Waals surface area contributed by atoms with Gasteiger partial charge in [-0.25, -0.2) is 0 Å². The third-order valence-electron chi connectivity index (χ3n) is 8.23. The lowest BCUT2D eigenvalue weighted by molar-refractivity contribution is 0.162. The highest BCUT2D eigenvalue weighted by atomic mass is 14.4. The molecular weight excluding hydrogens is 338 g/mol. The van der Waals surface area contributed by atoms with Crippen molar-refractivity contribution in [2.45, 2.75) is 142 Å². The number of nitriles is 1. The molecule has 1 nitrogen and oxygen atoms in total. The predicted octanol–water partition coefficient (Wildman–Crippen LogP) is 9.21. The molecule has 162 valence electrons. The van der Waals surface area contributed by atoms with Gasteiger partial charge in [-0.3, -0.25) is 0 Å². The van der Waals surface area contributed by atoms with Gasteiger partial charge in [-0.05, 0) is 56.3 Å². The van der Waals surface area contributed by atoms with Crippen molar-refractivity contribution in [3.63, 3.8) is 0 Å². The first-order valence-corrected chi connectivity index (χ1v) is 13.1. The van der Waals surface area contributed by atoms with Crippen molar-refractivity contribution < 1.29 is 0 Å². The maximum Gasteiger partial charge on any atom is 0.0689 e. The zero-order chi connectivity index (χ0) is 20.1. The molecule has 0 aromatic rings. The van der Waals surface area contributed by atoms with E-state index >= 15 is 0 Å². The highest BCUT2D eigenvalue weighted by Crippen LogP contribution is 2.45. The SMILES string of the molecule is CCCCCCC1CCC(CCC2(C#N)CCC(CCCCCC)CC2)CC1. The van der Waals surface area contributed by atoms with Gasteiger partial charge in [-0.15, -0.1) is 0 Å². The molecule has 0 N–H and O–H groups in total. The van der Waals surface area contributed by atoms with Crippen LogP contribution in [0.25, 0.3) is 0 Å². The van der Waals surface area contributed by atoms with E-state index in [1.807, 2.05) is 0 Å². The molecule has 0 unspecified atom stereocenters. The Morgan fingerprint density at radius 1 is 0.643 bits per heavy atom. The topological polar surface area (TPSA) is 23.8 Å². The molecule has 0 aromatic heterocycles. The second kappa shape index (κ2) is 13.7. The van der Waals surface area contributed by atoms with Crippen molar-refractivity contribution in [2.24, 2.45) is 23.2 Å². The van der Waals surface area contributed by atoms with Crippen LogP contribution in [0.4, 0.5) is 0 Å². The fourth-order valence-electron chi connectivity index (χ4n) is 5.95. The smallest absolute Gasteiger partial charge is 0.0689 e. The third kappa shape index (κ3) is 8.47. The van der Waals surface area contributed by atoms with E-state index in [0.717, 1.165) is 17.8 Å². The van der Waals surface area contributed by atoms with E-state index in [9.17, 15) is 5.26 Å². The number of rotatable bonds is 13. The van der Waals surface area contributed by atoms with Crippen LogP contribution in [0.5, 0.6) is 0 Å². The fourth-order valence-corrected chi connectivity index (χ4v) is 5.95. The molecule has 0 radical (unpaired) electrons. The number of nitrogens with zero attached hydrogens (tertiary/aromatic N) is 1. The van der Waals surface area contributed by atoms with E-state index in [0.29, 0.717) is 0 Å². The normalized spacial score (nSPS) is 30.8. The minimum absolute atomic E-state index is 0.0386. The molecule has 0 heterocycles. The largest absolute Gasteiger partial charge is 0.198 e. The Hall–Kier alpha value is -0.510. The number of unbranched alkanes of at least 4 members (excludes halogenated alkanes) is 6. The Labute approximate surface area is 177 Å². The van der Waals surface area contributed by atoms with Gasteiger partial charge in [0, 0.05) is 0 Å². The lowest BCUT2D eigenvalue weighted by Crippen LogP contribution is -2.27. The van der Waals surface area contributed by atoms with Gasteiger partial charge in [0.15, 0.2) is 0 Å². The van der Waals surface area contributed by atoms with Crippen molar-refractivity contribution in [1.82, 2.24) is 0 Å². The molecule has 0 spiro atoms. The molecule has 2 aliphatic carbocycles. The Morgan fingerprint density at radius 3 is 1.57 bits per heavy atom. The average Bonchev–Trinajstić information content (AvgIpc) is 2.75. The molecule has 2 rings (SSSR count). The van der Waals surface area contributed by atoms with Gasteiger partial charge in [0.25, 0.3) is 0 Å². The summed E-state index contributed by atoms with van der Waals surface area (Å²) in [6.07, 6.45) is 27.5. The van der Waals surface area contributed by atoms with Crippen LogP contribution in [-0.4, -0.2) is 0 Å². The van der Waals surface area contributed by atoms with Crippen LogP contribution in [0.2, 0.25) is 0 Å². The first-order valence-electron chi connectivity index (χ1n) is 13.1. The first-order chi connectivity index (χ1) is 13.7. The standard InChI is InChI=1S/C27H49N/c1-3-5-7-9-11-24-13-15-26(16-14-24)19-22-27(23-28)20-17-25(18-21-27)12-10-8-6-4-2/h24-26H,3-22H2,1-2H3. The Morgan fingerprint density at radius 2 is 1.11 bits per heavy atom. The van der Waals surface area contributed by atoms with Gasteiger partial charge >= 0.3 is 0 Å². The zero-order valence-corrected chi connectivity index (χ0v) is 19.3. The first kappa shape index (κ1) is 23.8. The second-order valence-corrected chi connectivity index (χ2v) is 10.5. The van der Waals surface area contributed by atoms with E-state index in [4.69, 9.17) is 0 Å². The second-order valence-electron chi connectivity index (χ2n) is 10.5. The van der Waals surface area contributed by atoms with Crippen molar-refractivity contribution in [1.29, 1.82) is 5.26 Å². The Balaban J connectivity index is 1.60. The summed E-state index contributed by atoms with van der Waals surface area (Å²) in [5, 5.41) is 9.94. The maximum absolute atomic E-state index is 9.94. The summed E-state index contributed by atoms with van der Waals surface area (Å²) in [6.45, 7) is 4.60. The summed E-state index contributed by atoms with van der Waals surface area (Å²) in [6, 6.07) is 2.80. The summed E-state index contributed by atoms with van der Waals surface area (Å²) >= 11 is 0. The van der Waals surface area contributed by atoms with E-state index in [-0.39, 0.29) is 5.41 Å². The quantitative estimate of drug-likeness (QED) is 0.289. The minimum Gasteiger partial charge on any atom is -0.198 e. The van der Waals surface area contributed by atoms with Crippen LogP contribution in [0.1, 0.15) is 142 Å². The van der Waals surface area contributed by atoms with Gasteiger partial charge < -0.3 is 0 Å². The van der Waals surface area contributed by atoms with Gasteiger partial charge in [-0.2, -0.15) is 5.26 Å². The maximum atomic E-state index is 9.94. The molecule has 0 amide bonds. The van der Waals surface area contributed by atoms with E-state index in [1.54, 1.807) is 0 Å². The van der Waals surface area contributed by atoms with Crippen LogP contribution in [0.15, 0.2) is 0 Å². The monoisotopic (exact) mass is 387 g/mol. The van der Waals surface area contributed by atoms with Crippen LogP contribution in [0, 0.1) is 34.5 Å². The molecule has 1 heteroatoms. The fraction of sp³-hybridized carbons (Fsp3) is 0.963. The van der Waals surface area contributed by atoms with Gasteiger partial charge in [-0.1, -0.05) is 104 Å². The van der Waals surface area contributed by atoms with Crippen LogP contribution in [-0.2, 0) is 0 Å². The Bertz CT molecular complexity index is 418. The molecule has 0 aromatic carbocycles. The van der Waals surface area contributed by atoms with E-state index < -0.39 is 0 Å². The summed E-state index contributed by atoms with van der Waals surface area (Å²) in [4.78, 5) is 0. The molecule has 0 aliphatic heterocycles. The number of hydrogen-bond donors (Lipinski definition) is 0. The molecule has 0 atom stereocenters. The molecule has 28 heavy (non-hydrogen) atoms. The van der Waals surface area contributed by atoms with E-state index in [1.165, 1.54) is 128 Å². The van der Waals surface area contributed by atoms with Gasteiger partial charge in [0.1, 0.15) is 0 Å². The van der Waals surface area contributed by atoms with Crippen molar-refractivity contribution in [2.75, 3.05) is 0 Å². The van der Waals surface area contributed by atoms with Crippen molar-refractivity contribution >= 4 is 0 Å². The summed E-state index contributed by atoms with van der Waals surface area (Å²) < 4.78 is 0. The highest BCUT2D eigenvalue weighted by molar-refractivity contribution is 5.01. The predicted molar refractivity (Wildman–Crippen MR) is 122 cm³/mol. The molecule has 2 fully saturated rings. The van der Waals surface area contributed by atoms with Gasteiger partial charge in [0.05, 0.1) is 11.5 Å². The van der Waals surface area contributed by atoms with Crippen molar-refractivity contribution in [3.05, 3.63) is 0 Å². The molecule has 0 saturated heterocycles. The molecule has 2 saturated carbocycles. The molecule has 2 aliphatic rings. The van der Waals surface area contributed by atoms with Gasteiger partial charge in [0.2, 0.25) is 0 Å². The van der Waals surface area contributed by atoms with Crippen molar-refractivity contribution in [3.8, 4) is 6.07 Å².